The fourth-order valence-electron chi connectivity index (χ4n) is 2.98. The van der Waals surface area contributed by atoms with Gasteiger partial charge in [-0.15, -0.1) is 0 Å². The lowest BCUT2D eigenvalue weighted by molar-refractivity contribution is -0.121. The van der Waals surface area contributed by atoms with Crippen molar-refractivity contribution in [3.8, 4) is 0 Å². The van der Waals surface area contributed by atoms with Crippen LogP contribution in [-0.2, 0) is 27.7 Å². The Morgan fingerprint density at radius 1 is 1.04 bits per heavy atom. The van der Waals surface area contributed by atoms with E-state index in [-0.39, 0.29) is 5.91 Å². The number of nitrogens with one attached hydrogen (secondary N) is 1. The van der Waals surface area contributed by atoms with Crippen molar-refractivity contribution in [2.24, 2.45) is 0 Å². The fraction of sp³-hybridized carbons (Fsp3) is 0.381. The van der Waals surface area contributed by atoms with Crippen molar-refractivity contribution in [3.05, 3.63) is 65.7 Å². The van der Waals surface area contributed by atoms with Gasteiger partial charge in [-0.1, -0.05) is 49.4 Å². The Morgan fingerprint density at radius 2 is 1.67 bits per heavy atom. The van der Waals surface area contributed by atoms with Gasteiger partial charge in [0.2, 0.25) is 15.9 Å². The second-order valence-electron chi connectivity index (χ2n) is 6.63. The third-order valence-corrected chi connectivity index (χ3v) is 5.71. The molecule has 27 heavy (non-hydrogen) atoms. The molecule has 0 radical (unpaired) electrons. The van der Waals surface area contributed by atoms with Crippen LogP contribution >= 0.6 is 0 Å². The van der Waals surface area contributed by atoms with Crippen molar-refractivity contribution in [1.82, 2.24) is 5.32 Å². The van der Waals surface area contributed by atoms with Gasteiger partial charge in [-0.25, -0.2) is 8.42 Å². The highest BCUT2D eigenvalue weighted by atomic mass is 32.2. The molecule has 0 saturated heterocycles. The summed E-state index contributed by atoms with van der Waals surface area (Å²) < 4.78 is 25.8. The highest BCUT2D eigenvalue weighted by Gasteiger charge is 2.28. The van der Waals surface area contributed by atoms with Gasteiger partial charge in [-0.05, 0) is 49.4 Å². The first kappa shape index (κ1) is 21.0. The Morgan fingerprint density at radius 3 is 2.22 bits per heavy atom. The minimum absolute atomic E-state index is 0.298. The largest absolute Gasteiger partial charge is 0.354 e. The van der Waals surface area contributed by atoms with E-state index in [4.69, 9.17) is 0 Å². The number of amides is 1. The van der Waals surface area contributed by atoms with Crippen LogP contribution in [0.2, 0.25) is 0 Å². The second kappa shape index (κ2) is 9.55. The van der Waals surface area contributed by atoms with Crippen LogP contribution in [0.1, 0.15) is 31.4 Å². The van der Waals surface area contributed by atoms with Gasteiger partial charge < -0.3 is 5.32 Å². The lowest BCUT2D eigenvalue weighted by atomic mass is 10.1. The van der Waals surface area contributed by atoms with Gasteiger partial charge in [-0.3, -0.25) is 9.10 Å². The van der Waals surface area contributed by atoms with Gasteiger partial charge in [0, 0.05) is 6.54 Å². The Hall–Kier alpha value is -2.34. The van der Waals surface area contributed by atoms with E-state index in [1.807, 2.05) is 37.3 Å². The maximum Gasteiger partial charge on any atom is 0.243 e. The summed E-state index contributed by atoms with van der Waals surface area (Å²) in [5, 5.41) is 2.85. The average molecular weight is 389 g/mol. The lowest BCUT2D eigenvalue weighted by Crippen LogP contribution is -2.48. The normalized spacial score (nSPS) is 12.4. The first-order valence-electron chi connectivity index (χ1n) is 9.23. The van der Waals surface area contributed by atoms with Gasteiger partial charge in [0.05, 0.1) is 11.9 Å². The van der Waals surface area contributed by atoms with Crippen LogP contribution in [-0.4, -0.2) is 33.2 Å². The average Bonchev–Trinajstić information content (AvgIpc) is 2.65. The van der Waals surface area contributed by atoms with Crippen molar-refractivity contribution >= 4 is 21.6 Å². The molecule has 1 atom stereocenters. The molecule has 2 rings (SSSR count). The van der Waals surface area contributed by atoms with Crippen LogP contribution in [0, 0.1) is 0 Å². The monoisotopic (exact) mass is 388 g/mol. The summed E-state index contributed by atoms with van der Waals surface area (Å²) >= 11 is 0. The molecule has 0 aliphatic rings. The molecule has 6 heteroatoms. The topological polar surface area (TPSA) is 66.5 Å². The first-order valence-corrected chi connectivity index (χ1v) is 11.1. The van der Waals surface area contributed by atoms with E-state index in [0.29, 0.717) is 12.2 Å². The van der Waals surface area contributed by atoms with Crippen LogP contribution in [0.5, 0.6) is 0 Å². The number of aryl methyl sites for hydroxylation is 2. The van der Waals surface area contributed by atoms with Crippen LogP contribution in [0.3, 0.4) is 0 Å². The van der Waals surface area contributed by atoms with E-state index >= 15 is 0 Å². The van der Waals surface area contributed by atoms with Gasteiger partial charge in [0.15, 0.2) is 0 Å². The van der Waals surface area contributed by atoms with Gasteiger partial charge in [0.1, 0.15) is 6.04 Å². The molecule has 5 nitrogen and oxygen atoms in total. The highest BCUT2D eigenvalue weighted by molar-refractivity contribution is 7.92. The minimum Gasteiger partial charge on any atom is -0.354 e. The standard InChI is InChI=1S/C21H28N2O3S/c1-4-18-12-14-20(15-13-18)23(27(3,25)26)17(2)21(24)22-16-8-11-19-9-6-5-7-10-19/h5-7,9-10,12-15,17H,4,8,11,16H2,1-3H3,(H,22,24)/t17-/m0/s1. The number of sulfonamides is 1. The molecule has 0 spiro atoms. The fourth-order valence-corrected chi connectivity index (χ4v) is 4.16. The molecule has 0 saturated carbocycles. The molecular formula is C21H28N2O3S. The Kier molecular flexibility index (Phi) is 7.42. The van der Waals surface area contributed by atoms with Crippen molar-refractivity contribution in [2.45, 2.75) is 39.2 Å². The molecule has 146 valence electrons. The number of rotatable bonds is 9. The quantitative estimate of drug-likeness (QED) is 0.671. The summed E-state index contributed by atoms with van der Waals surface area (Å²) in [6.45, 7) is 4.15. The Bertz CT molecular complexity index is 833. The molecule has 0 fully saturated rings. The highest BCUT2D eigenvalue weighted by Crippen LogP contribution is 2.21. The Balaban J connectivity index is 1.99. The van der Waals surface area contributed by atoms with E-state index in [1.54, 1.807) is 19.1 Å². The molecule has 2 aromatic rings. The number of benzene rings is 2. The zero-order valence-corrected chi connectivity index (χ0v) is 17.0. The molecule has 2 aromatic carbocycles. The molecule has 0 aliphatic heterocycles. The summed E-state index contributed by atoms with van der Waals surface area (Å²) in [5.74, 6) is -0.298. The molecule has 1 N–H and O–H groups in total. The maximum absolute atomic E-state index is 12.5. The number of carbonyl (C=O) groups excluding carboxylic acids is 1. The van der Waals surface area contributed by atoms with Crippen molar-refractivity contribution in [1.29, 1.82) is 0 Å². The van der Waals surface area contributed by atoms with E-state index in [0.717, 1.165) is 31.1 Å². The van der Waals surface area contributed by atoms with Gasteiger partial charge >= 0.3 is 0 Å². The van der Waals surface area contributed by atoms with Crippen molar-refractivity contribution in [3.63, 3.8) is 0 Å². The molecular weight excluding hydrogens is 360 g/mol. The number of carbonyl (C=O) groups is 1. The van der Waals surface area contributed by atoms with Gasteiger partial charge in [0.25, 0.3) is 0 Å². The maximum atomic E-state index is 12.5. The Labute approximate surface area is 162 Å². The molecule has 0 bridgehead atoms. The van der Waals surface area contributed by atoms with Crippen LogP contribution in [0.4, 0.5) is 5.69 Å². The predicted molar refractivity (Wildman–Crippen MR) is 110 cm³/mol. The van der Waals surface area contributed by atoms with Gasteiger partial charge in [-0.2, -0.15) is 0 Å². The summed E-state index contributed by atoms with van der Waals surface area (Å²) in [5.41, 5.74) is 2.83. The first-order chi connectivity index (χ1) is 12.8. The molecule has 1 amide bonds. The third-order valence-electron chi connectivity index (χ3n) is 4.47. The molecule has 0 aliphatic carbocycles. The second-order valence-corrected chi connectivity index (χ2v) is 8.49. The zero-order valence-electron chi connectivity index (χ0n) is 16.2. The SMILES string of the molecule is CCc1ccc(N([C@@H](C)C(=O)NCCCc2ccccc2)S(C)(=O)=O)cc1. The van der Waals surface area contributed by atoms with Crippen LogP contribution in [0.25, 0.3) is 0 Å². The third kappa shape index (κ3) is 6.10. The van der Waals surface area contributed by atoms with Crippen LogP contribution in [0.15, 0.2) is 54.6 Å². The summed E-state index contributed by atoms with van der Waals surface area (Å²) in [4.78, 5) is 12.5. The lowest BCUT2D eigenvalue weighted by Gasteiger charge is -2.28. The number of hydrogen-bond donors (Lipinski definition) is 1. The molecule has 0 heterocycles. The number of anilines is 1. The van der Waals surface area contributed by atoms with E-state index in [2.05, 4.69) is 17.4 Å². The molecule has 0 aromatic heterocycles. The summed E-state index contributed by atoms with van der Waals surface area (Å²) in [6, 6.07) is 16.5. The van der Waals surface area contributed by atoms with Crippen LogP contribution < -0.4 is 9.62 Å². The smallest absolute Gasteiger partial charge is 0.243 e. The summed E-state index contributed by atoms with van der Waals surface area (Å²) in [6.07, 6.45) is 3.66. The minimum atomic E-state index is -3.58. The van der Waals surface area contributed by atoms with E-state index in [9.17, 15) is 13.2 Å². The van der Waals surface area contributed by atoms with Crippen molar-refractivity contribution in [2.75, 3.05) is 17.1 Å². The summed E-state index contributed by atoms with van der Waals surface area (Å²) in [7, 11) is -3.58. The zero-order chi connectivity index (χ0) is 19.9. The van der Waals surface area contributed by atoms with E-state index in [1.165, 1.54) is 9.87 Å². The predicted octanol–water partition coefficient (Wildman–Crippen LogP) is 3.15. The number of hydrogen-bond acceptors (Lipinski definition) is 3. The van der Waals surface area contributed by atoms with E-state index < -0.39 is 16.1 Å². The number of nitrogens with zero attached hydrogens (tertiary/aromatic N) is 1. The van der Waals surface area contributed by atoms with Crippen molar-refractivity contribution < 1.29 is 13.2 Å². The molecule has 0 unspecified atom stereocenters.